The summed E-state index contributed by atoms with van der Waals surface area (Å²) in [4.78, 5) is 8.51. The van der Waals surface area contributed by atoms with Crippen molar-refractivity contribution < 1.29 is 22.5 Å². The Hall–Kier alpha value is -2.43. The van der Waals surface area contributed by atoms with Gasteiger partial charge in [-0.2, -0.15) is 0 Å². The number of halogens is 3. The van der Waals surface area contributed by atoms with Crippen molar-refractivity contribution >= 4 is 33.2 Å². The van der Waals surface area contributed by atoms with Crippen molar-refractivity contribution in [1.82, 2.24) is 9.97 Å². The van der Waals surface area contributed by atoms with E-state index in [-0.39, 0.29) is 5.75 Å². The maximum Gasteiger partial charge on any atom is 0.573 e. The third-order valence-electron chi connectivity index (χ3n) is 3.88. The lowest BCUT2D eigenvalue weighted by atomic mass is 10.1. The summed E-state index contributed by atoms with van der Waals surface area (Å²) in [6.45, 7) is 1.84. The molecule has 28 heavy (non-hydrogen) atoms. The van der Waals surface area contributed by atoms with Gasteiger partial charge in [-0.1, -0.05) is 33.2 Å². The van der Waals surface area contributed by atoms with Crippen LogP contribution in [0.1, 0.15) is 5.56 Å². The zero-order chi connectivity index (χ0) is 20.3. The Kier molecular flexibility index (Phi) is 6.01. The van der Waals surface area contributed by atoms with E-state index in [1.807, 2.05) is 19.1 Å². The predicted octanol–water partition coefficient (Wildman–Crippen LogP) is 5.07. The lowest BCUT2D eigenvalue weighted by Crippen LogP contribution is -2.17. The number of hydrogen-bond acceptors (Lipinski definition) is 5. The fourth-order valence-electron chi connectivity index (χ4n) is 2.54. The van der Waals surface area contributed by atoms with Crippen LogP contribution in [-0.2, 0) is 4.57 Å². The molecule has 2 atom stereocenters. The van der Waals surface area contributed by atoms with Gasteiger partial charge in [0.2, 0.25) is 0 Å². The molecule has 0 saturated carbocycles. The molecule has 2 aromatic carbocycles. The molecular formula is C18H16F3N3O2P2. The Balaban J connectivity index is 1.82. The molecule has 1 N–H and O–H groups in total. The van der Waals surface area contributed by atoms with Crippen molar-refractivity contribution in [3.05, 3.63) is 60.4 Å². The van der Waals surface area contributed by atoms with E-state index >= 15 is 0 Å². The van der Waals surface area contributed by atoms with Gasteiger partial charge in [0.25, 0.3) is 0 Å². The van der Waals surface area contributed by atoms with Gasteiger partial charge in [0, 0.05) is 22.1 Å². The highest BCUT2D eigenvalue weighted by Crippen LogP contribution is 2.31. The van der Waals surface area contributed by atoms with Crippen LogP contribution in [0.5, 0.6) is 5.75 Å². The molecule has 0 amide bonds. The van der Waals surface area contributed by atoms with E-state index in [1.165, 1.54) is 30.6 Å². The molecule has 1 heterocycles. The van der Waals surface area contributed by atoms with Crippen LogP contribution < -0.4 is 15.4 Å². The highest BCUT2D eigenvalue weighted by molar-refractivity contribution is 8.10. The standard InChI is InChI=1S/C18H16F3N3O2P2/c1-11-16(12-2-8-15(9-3-12)28(25)27)22-10-23-17(11)24-13-4-6-14(7-5-13)26-18(19,20)21/h2-10,28H,27H2,1H3,(H,22,23,24). The molecule has 10 heteroatoms. The van der Waals surface area contributed by atoms with E-state index < -0.39 is 13.9 Å². The molecule has 0 aliphatic heterocycles. The van der Waals surface area contributed by atoms with Gasteiger partial charge in [0.1, 0.15) is 25.4 Å². The van der Waals surface area contributed by atoms with Crippen molar-refractivity contribution in [2.45, 2.75) is 13.3 Å². The van der Waals surface area contributed by atoms with E-state index in [2.05, 4.69) is 29.0 Å². The normalized spacial score (nSPS) is 12.5. The van der Waals surface area contributed by atoms with Crippen LogP contribution >= 0.6 is 16.4 Å². The van der Waals surface area contributed by atoms with Gasteiger partial charge in [-0.15, -0.1) is 13.2 Å². The molecule has 3 aromatic rings. The Bertz CT molecular complexity index is 994. The summed E-state index contributed by atoms with van der Waals surface area (Å²) in [7, 11) is 0.465. The SMILES string of the molecule is Cc1c(Nc2ccc(OC(F)(F)F)cc2)ncnc1-c1ccc([PH](=O)P)cc1. The molecule has 3 rings (SSSR count). The van der Waals surface area contributed by atoms with E-state index in [9.17, 15) is 17.7 Å². The van der Waals surface area contributed by atoms with Gasteiger partial charge in [0.15, 0.2) is 0 Å². The second-order valence-corrected chi connectivity index (χ2v) is 8.71. The first-order valence-electron chi connectivity index (χ1n) is 8.07. The molecule has 0 aliphatic carbocycles. The van der Waals surface area contributed by atoms with E-state index in [0.717, 1.165) is 16.4 Å². The van der Waals surface area contributed by atoms with Gasteiger partial charge in [-0.3, -0.25) is 0 Å². The second-order valence-electron chi connectivity index (χ2n) is 5.83. The summed E-state index contributed by atoms with van der Waals surface area (Å²) < 4.78 is 52.2. The average molecular weight is 425 g/mol. The molecular weight excluding hydrogens is 409 g/mol. The first kappa shape index (κ1) is 20.3. The van der Waals surface area contributed by atoms with Gasteiger partial charge in [-0.05, 0) is 31.2 Å². The summed E-state index contributed by atoms with van der Waals surface area (Å²) in [6.07, 6.45) is -3.33. The smallest absolute Gasteiger partial charge is 0.406 e. The summed E-state index contributed by atoms with van der Waals surface area (Å²) in [6, 6.07) is 12.6. The molecule has 0 saturated heterocycles. The molecule has 0 bridgehead atoms. The van der Waals surface area contributed by atoms with E-state index in [1.54, 1.807) is 12.1 Å². The topological polar surface area (TPSA) is 64.1 Å². The van der Waals surface area contributed by atoms with Gasteiger partial charge < -0.3 is 14.6 Å². The Morgan fingerprint density at radius 1 is 1.04 bits per heavy atom. The molecule has 146 valence electrons. The van der Waals surface area contributed by atoms with Crippen LogP contribution in [0.3, 0.4) is 0 Å². The number of aromatic nitrogens is 2. The van der Waals surface area contributed by atoms with Gasteiger partial charge >= 0.3 is 6.36 Å². The lowest BCUT2D eigenvalue weighted by Gasteiger charge is -2.13. The van der Waals surface area contributed by atoms with Crippen molar-refractivity contribution in [3.63, 3.8) is 0 Å². The number of hydrogen-bond donors (Lipinski definition) is 1. The third-order valence-corrected chi connectivity index (χ3v) is 5.78. The predicted molar refractivity (Wildman–Crippen MR) is 107 cm³/mol. The first-order valence-corrected chi connectivity index (χ1v) is 11.3. The Labute approximate surface area is 162 Å². The van der Waals surface area contributed by atoms with Gasteiger partial charge in [-0.25, -0.2) is 9.97 Å². The monoisotopic (exact) mass is 425 g/mol. The van der Waals surface area contributed by atoms with Crippen molar-refractivity contribution in [2.75, 3.05) is 5.32 Å². The summed E-state index contributed by atoms with van der Waals surface area (Å²) >= 11 is 0. The Morgan fingerprint density at radius 3 is 2.25 bits per heavy atom. The summed E-state index contributed by atoms with van der Waals surface area (Å²) in [5, 5.41) is 3.82. The highest BCUT2D eigenvalue weighted by atomic mass is 32.0. The van der Waals surface area contributed by atoms with Crippen molar-refractivity contribution in [1.29, 1.82) is 0 Å². The number of alkyl halides is 3. The number of ether oxygens (including phenoxy) is 1. The van der Waals surface area contributed by atoms with Crippen molar-refractivity contribution in [2.24, 2.45) is 0 Å². The zero-order valence-corrected chi connectivity index (χ0v) is 16.8. The van der Waals surface area contributed by atoms with Crippen LogP contribution in [0.4, 0.5) is 24.7 Å². The van der Waals surface area contributed by atoms with E-state index in [4.69, 9.17) is 0 Å². The lowest BCUT2D eigenvalue weighted by molar-refractivity contribution is -0.274. The second kappa shape index (κ2) is 8.29. The fourth-order valence-corrected chi connectivity index (χ4v) is 3.61. The average Bonchev–Trinajstić information content (AvgIpc) is 2.64. The van der Waals surface area contributed by atoms with Crippen LogP contribution in [0.2, 0.25) is 0 Å². The number of anilines is 2. The maximum absolute atomic E-state index is 12.2. The quantitative estimate of drug-likeness (QED) is 0.579. The van der Waals surface area contributed by atoms with E-state index in [0.29, 0.717) is 17.2 Å². The fraction of sp³-hybridized carbons (Fsp3) is 0.111. The largest absolute Gasteiger partial charge is 0.573 e. The minimum Gasteiger partial charge on any atom is -0.406 e. The first-order chi connectivity index (χ1) is 13.2. The maximum atomic E-state index is 12.2. The molecule has 2 unspecified atom stereocenters. The molecule has 0 spiro atoms. The third kappa shape index (κ3) is 5.09. The summed E-state index contributed by atoms with van der Waals surface area (Å²) in [5.41, 5.74) is 2.86. The van der Waals surface area contributed by atoms with Crippen LogP contribution in [0.25, 0.3) is 11.3 Å². The molecule has 0 radical (unpaired) electrons. The minimum atomic E-state index is -4.73. The molecule has 5 nitrogen and oxygen atoms in total. The number of rotatable bonds is 5. The molecule has 1 aromatic heterocycles. The number of nitrogens with one attached hydrogen (secondary N) is 1. The van der Waals surface area contributed by atoms with Gasteiger partial charge in [0.05, 0.1) is 5.69 Å². The van der Waals surface area contributed by atoms with Crippen LogP contribution in [-0.4, -0.2) is 16.3 Å². The molecule has 0 fully saturated rings. The number of benzene rings is 2. The Morgan fingerprint density at radius 2 is 1.68 bits per heavy atom. The highest BCUT2D eigenvalue weighted by Gasteiger charge is 2.30. The van der Waals surface area contributed by atoms with Crippen LogP contribution in [0, 0.1) is 6.92 Å². The minimum absolute atomic E-state index is 0.299. The van der Waals surface area contributed by atoms with Crippen LogP contribution in [0.15, 0.2) is 54.9 Å². The zero-order valence-electron chi connectivity index (χ0n) is 14.6. The van der Waals surface area contributed by atoms with Crippen molar-refractivity contribution in [3.8, 4) is 17.0 Å². The summed E-state index contributed by atoms with van der Waals surface area (Å²) in [5.74, 6) is 0.227. The number of nitrogens with zero attached hydrogens (tertiary/aromatic N) is 2. The molecule has 0 aliphatic rings.